The zero-order chi connectivity index (χ0) is 22.6. The topological polar surface area (TPSA) is 64.3 Å². The summed E-state index contributed by atoms with van der Waals surface area (Å²) in [4.78, 5) is 15.7. The second kappa shape index (κ2) is 9.65. The first-order chi connectivity index (χ1) is 16.2. The minimum absolute atomic E-state index is 0.124. The van der Waals surface area contributed by atoms with Crippen LogP contribution in [-0.4, -0.2) is 27.2 Å². The Bertz CT molecular complexity index is 1270. The molecule has 0 bridgehead atoms. The molecule has 33 heavy (non-hydrogen) atoms. The second-order valence-electron chi connectivity index (χ2n) is 9.11. The number of aromatic nitrogens is 2. The van der Waals surface area contributed by atoms with Gasteiger partial charge in [-0.15, -0.1) is 0 Å². The van der Waals surface area contributed by atoms with Crippen LogP contribution in [0.5, 0.6) is 5.75 Å². The predicted octanol–water partition coefficient (Wildman–Crippen LogP) is 6.68. The molecule has 5 nitrogen and oxygen atoms in total. The largest absolute Gasteiger partial charge is 0.494 e. The van der Waals surface area contributed by atoms with E-state index in [9.17, 15) is 4.79 Å². The Balaban J connectivity index is 1.43. The molecule has 0 radical (unpaired) electrons. The van der Waals surface area contributed by atoms with E-state index in [4.69, 9.17) is 14.8 Å². The SMILES string of the molecule is O=C(O)CCCOc1ccc2cc(-c3nc4ccccc4n3CC3CCCCC3)ccc2c1. The van der Waals surface area contributed by atoms with Crippen LogP contribution in [0.25, 0.3) is 33.2 Å². The second-order valence-corrected chi connectivity index (χ2v) is 9.11. The maximum atomic E-state index is 10.7. The molecular formula is C28H30N2O3. The Morgan fingerprint density at radius 2 is 1.79 bits per heavy atom. The van der Waals surface area contributed by atoms with Crippen LogP contribution in [0.2, 0.25) is 0 Å². The third-order valence-electron chi connectivity index (χ3n) is 6.69. The van der Waals surface area contributed by atoms with Crippen molar-refractivity contribution < 1.29 is 14.6 Å². The lowest BCUT2D eigenvalue weighted by Gasteiger charge is -2.23. The Morgan fingerprint density at radius 1 is 1.00 bits per heavy atom. The van der Waals surface area contributed by atoms with E-state index in [1.807, 2.05) is 12.1 Å². The summed E-state index contributed by atoms with van der Waals surface area (Å²) >= 11 is 0. The lowest BCUT2D eigenvalue weighted by Crippen LogP contribution is -2.14. The summed E-state index contributed by atoms with van der Waals surface area (Å²) in [5.74, 6) is 1.73. The van der Waals surface area contributed by atoms with Gasteiger partial charge in [-0.3, -0.25) is 4.79 Å². The van der Waals surface area contributed by atoms with Crippen molar-refractivity contribution in [2.75, 3.05) is 6.61 Å². The maximum Gasteiger partial charge on any atom is 0.303 e. The number of hydrogen-bond donors (Lipinski definition) is 1. The summed E-state index contributed by atoms with van der Waals surface area (Å²) in [5, 5.41) is 11.0. The third kappa shape index (κ3) is 4.87. The number of carboxylic acids is 1. The van der Waals surface area contributed by atoms with Gasteiger partial charge in [0.2, 0.25) is 0 Å². The number of carbonyl (C=O) groups is 1. The van der Waals surface area contributed by atoms with E-state index in [-0.39, 0.29) is 6.42 Å². The molecule has 5 rings (SSSR count). The first-order valence-electron chi connectivity index (χ1n) is 12.0. The molecule has 1 fully saturated rings. The monoisotopic (exact) mass is 442 g/mol. The van der Waals surface area contributed by atoms with Gasteiger partial charge in [0.1, 0.15) is 11.6 Å². The van der Waals surface area contributed by atoms with Crippen molar-refractivity contribution >= 4 is 27.8 Å². The normalized spacial score (nSPS) is 14.7. The Kier molecular flexibility index (Phi) is 6.29. The van der Waals surface area contributed by atoms with Gasteiger partial charge in [-0.25, -0.2) is 4.98 Å². The zero-order valence-corrected chi connectivity index (χ0v) is 18.9. The number of aliphatic carboxylic acids is 1. The summed E-state index contributed by atoms with van der Waals surface area (Å²) in [6.07, 6.45) is 7.27. The average Bonchev–Trinajstić information content (AvgIpc) is 3.20. The minimum Gasteiger partial charge on any atom is -0.494 e. The first kappa shape index (κ1) is 21.5. The number of benzene rings is 3. The molecule has 170 valence electrons. The van der Waals surface area contributed by atoms with Crippen LogP contribution < -0.4 is 4.74 Å². The smallest absolute Gasteiger partial charge is 0.303 e. The standard InChI is InChI=1S/C28H30N2O3/c31-27(32)11-6-16-33-24-15-14-21-17-23(13-12-22(21)18-24)28-29-25-9-4-5-10-26(25)30(28)19-20-7-2-1-3-8-20/h4-5,9-10,12-15,17-18,20H,1-3,6-8,11,16,19H2,(H,31,32). The fourth-order valence-electron chi connectivity index (χ4n) is 4.97. The number of fused-ring (bicyclic) bond motifs is 2. The van der Waals surface area contributed by atoms with Gasteiger partial charge in [0.05, 0.1) is 17.6 Å². The van der Waals surface area contributed by atoms with Gasteiger partial charge in [0.15, 0.2) is 0 Å². The van der Waals surface area contributed by atoms with Crippen LogP contribution in [0.4, 0.5) is 0 Å². The van der Waals surface area contributed by atoms with Crippen molar-refractivity contribution in [1.29, 1.82) is 0 Å². The van der Waals surface area contributed by atoms with Crippen molar-refractivity contribution in [3.63, 3.8) is 0 Å². The summed E-state index contributed by atoms with van der Waals surface area (Å²) in [6, 6.07) is 21.0. The zero-order valence-electron chi connectivity index (χ0n) is 18.9. The summed E-state index contributed by atoms with van der Waals surface area (Å²) in [5.41, 5.74) is 3.39. The molecular weight excluding hydrogens is 412 g/mol. The van der Waals surface area contributed by atoms with Gasteiger partial charge in [-0.2, -0.15) is 0 Å². The molecule has 0 amide bonds. The molecule has 0 saturated heterocycles. The van der Waals surface area contributed by atoms with Crippen molar-refractivity contribution in [3.8, 4) is 17.1 Å². The lowest BCUT2D eigenvalue weighted by atomic mass is 9.89. The molecule has 1 N–H and O–H groups in total. The van der Waals surface area contributed by atoms with Gasteiger partial charge in [-0.05, 0) is 66.3 Å². The number of hydrogen-bond acceptors (Lipinski definition) is 3. The number of rotatable bonds is 8. The van der Waals surface area contributed by atoms with Gasteiger partial charge in [0.25, 0.3) is 0 Å². The third-order valence-corrected chi connectivity index (χ3v) is 6.69. The van der Waals surface area contributed by atoms with E-state index in [1.54, 1.807) is 0 Å². The highest BCUT2D eigenvalue weighted by atomic mass is 16.5. The molecule has 1 aliphatic carbocycles. The van der Waals surface area contributed by atoms with Gasteiger partial charge in [0, 0.05) is 18.5 Å². The minimum atomic E-state index is -0.792. The van der Waals surface area contributed by atoms with E-state index in [2.05, 4.69) is 53.1 Å². The van der Waals surface area contributed by atoms with E-state index in [1.165, 1.54) is 37.6 Å². The number of imidazole rings is 1. The van der Waals surface area contributed by atoms with Gasteiger partial charge >= 0.3 is 5.97 Å². The van der Waals surface area contributed by atoms with Crippen molar-refractivity contribution in [1.82, 2.24) is 9.55 Å². The Hall–Kier alpha value is -3.34. The van der Waals surface area contributed by atoms with E-state index >= 15 is 0 Å². The van der Waals surface area contributed by atoms with Crippen LogP contribution in [0.1, 0.15) is 44.9 Å². The fraction of sp³-hybridized carbons (Fsp3) is 0.357. The maximum absolute atomic E-state index is 10.7. The highest BCUT2D eigenvalue weighted by Gasteiger charge is 2.19. The average molecular weight is 443 g/mol. The molecule has 0 aliphatic heterocycles. The Morgan fingerprint density at radius 3 is 2.64 bits per heavy atom. The highest BCUT2D eigenvalue weighted by molar-refractivity contribution is 5.89. The first-order valence-corrected chi connectivity index (χ1v) is 12.0. The molecule has 0 spiro atoms. The number of ether oxygens (including phenoxy) is 1. The molecule has 1 heterocycles. The molecule has 1 aliphatic rings. The molecule has 1 saturated carbocycles. The van der Waals surface area contributed by atoms with Crippen LogP contribution in [-0.2, 0) is 11.3 Å². The molecule has 0 unspecified atom stereocenters. The predicted molar refractivity (Wildman–Crippen MR) is 132 cm³/mol. The molecule has 5 heteroatoms. The molecule has 4 aromatic rings. The van der Waals surface area contributed by atoms with Crippen LogP contribution in [0.15, 0.2) is 60.7 Å². The number of para-hydroxylation sites is 2. The fourth-order valence-corrected chi connectivity index (χ4v) is 4.97. The van der Waals surface area contributed by atoms with Gasteiger partial charge < -0.3 is 14.4 Å². The lowest BCUT2D eigenvalue weighted by molar-refractivity contribution is -0.137. The molecule has 0 atom stereocenters. The van der Waals surface area contributed by atoms with Crippen LogP contribution in [0, 0.1) is 5.92 Å². The van der Waals surface area contributed by atoms with Crippen LogP contribution >= 0.6 is 0 Å². The number of carboxylic acid groups (broad SMARTS) is 1. The van der Waals surface area contributed by atoms with Crippen molar-refractivity contribution in [2.45, 2.75) is 51.5 Å². The summed E-state index contributed by atoms with van der Waals surface area (Å²) in [7, 11) is 0. The van der Waals surface area contributed by atoms with Gasteiger partial charge in [-0.1, -0.05) is 49.6 Å². The van der Waals surface area contributed by atoms with E-state index in [0.717, 1.165) is 45.9 Å². The van der Waals surface area contributed by atoms with Crippen molar-refractivity contribution in [3.05, 3.63) is 60.7 Å². The highest BCUT2D eigenvalue weighted by Crippen LogP contribution is 2.32. The summed E-state index contributed by atoms with van der Waals surface area (Å²) < 4.78 is 8.17. The van der Waals surface area contributed by atoms with Crippen molar-refractivity contribution in [2.24, 2.45) is 5.92 Å². The van der Waals surface area contributed by atoms with Crippen LogP contribution in [0.3, 0.4) is 0 Å². The van der Waals surface area contributed by atoms with E-state index < -0.39 is 5.97 Å². The summed E-state index contributed by atoms with van der Waals surface area (Å²) in [6.45, 7) is 1.43. The quantitative estimate of drug-likeness (QED) is 0.309. The Labute approximate surface area is 194 Å². The van der Waals surface area contributed by atoms with E-state index in [0.29, 0.717) is 13.0 Å². The molecule has 3 aromatic carbocycles. The number of nitrogens with zero attached hydrogens (tertiary/aromatic N) is 2. The molecule has 1 aromatic heterocycles.